The normalized spacial score (nSPS) is 16.2. The van der Waals surface area contributed by atoms with Crippen LogP contribution in [0.25, 0.3) is 0 Å². The van der Waals surface area contributed by atoms with Crippen molar-refractivity contribution >= 4 is 23.2 Å². The van der Waals surface area contributed by atoms with E-state index in [1.165, 1.54) is 5.69 Å². The van der Waals surface area contributed by atoms with Crippen molar-refractivity contribution in [1.29, 1.82) is 0 Å². The summed E-state index contributed by atoms with van der Waals surface area (Å²) in [5, 5.41) is 5.80. The van der Waals surface area contributed by atoms with E-state index in [0.717, 1.165) is 25.2 Å². The van der Waals surface area contributed by atoms with Gasteiger partial charge in [0.1, 0.15) is 0 Å². The molecule has 0 aliphatic carbocycles. The van der Waals surface area contributed by atoms with Crippen LogP contribution in [-0.2, 0) is 0 Å². The molecule has 1 aliphatic rings. The molecule has 6 nitrogen and oxygen atoms in total. The molecule has 2 aromatic rings. The summed E-state index contributed by atoms with van der Waals surface area (Å²) in [5.74, 6) is 0.0840. The van der Waals surface area contributed by atoms with E-state index in [-0.39, 0.29) is 11.8 Å². The fraction of sp³-hybridized carbons (Fsp3) is 0.417. The molecule has 3 rings (SSSR count). The maximum Gasteiger partial charge on any atom is 0.255 e. The van der Waals surface area contributed by atoms with Crippen LogP contribution < -0.4 is 15.5 Å². The second kappa shape index (κ2) is 9.76. The van der Waals surface area contributed by atoms with E-state index in [1.54, 1.807) is 24.3 Å². The number of hydrogen-bond donors (Lipinski definition) is 2. The Kier molecular flexibility index (Phi) is 7.11. The number of hydrogen-bond acceptors (Lipinski definition) is 4. The smallest absolute Gasteiger partial charge is 0.255 e. The molecular formula is C24H32N4O2. The topological polar surface area (TPSA) is 64.7 Å². The predicted molar refractivity (Wildman–Crippen MR) is 122 cm³/mol. The second-order valence-electron chi connectivity index (χ2n) is 8.53. The number of nitrogens with zero attached hydrogens (tertiary/aromatic N) is 2. The third-order valence-electron chi connectivity index (χ3n) is 5.46. The van der Waals surface area contributed by atoms with Gasteiger partial charge in [-0.2, -0.15) is 0 Å². The highest BCUT2D eigenvalue weighted by atomic mass is 16.2. The van der Waals surface area contributed by atoms with Crippen molar-refractivity contribution in [2.45, 2.75) is 26.3 Å². The summed E-state index contributed by atoms with van der Waals surface area (Å²) >= 11 is 0. The summed E-state index contributed by atoms with van der Waals surface area (Å²) < 4.78 is 0. The van der Waals surface area contributed by atoms with E-state index in [9.17, 15) is 9.59 Å². The van der Waals surface area contributed by atoms with E-state index in [1.807, 2.05) is 26.0 Å². The Bertz CT molecular complexity index is 860. The third-order valence-corrected chi connectivity index (χ3v) is 5.46. The molecule has 160 valence electrons. The maximum absolute atomic E-state index is 12.5. The quantitative estimate of drug-likeness (QED) is 0.736. The lowest BCUT2D eigenvalue weighted by Crippen LogP contribution is -2.31. The van der Waals surface area contributed by atoms with Gasteiger partial charge in [0, 0.05) is 48.2 Å². The molecule has 1 fully saturated rings. The van der Waals surface area contributed by atoms with Gasteiger partial charge in [-0.05, 0) is 75.0 Å². The molecule has 1 heterocycles. The van der Waals surface area contributed by atoms with Crippen LogP contribution in [0.5, 0.6) is 0 Å². The van der Waals surface area contributed by atoms with Crippen molar-refractivity contribution in [2.75, 3.05) is 43.9 Å². The molecule has 2 N–H and O–H groups in total. The van der Waals surface area contributed by atoms with Gasteiger partial charge in [-0.3, -0.25) is 9.59 Å². The highest BCUT2D eigenvalue weighted by Gasteiger charge is 2.24. The van der Waals surface area contributed by atoms with Gasteiger partial charge in [0.15, 0.2) is 0 Å². The lowest BCUT2D eigenvalue weighted by Gasteiger charge is -2.22. The van der Waals surface area contributed by atoms with Crippen LogP contribution in [0, 0.1) is 5.92 Å². The first-order valence-corrected chi connectivity index (χ1v) is 10.5. The van der Waals surface area contributed by atoms with Crippen LogP contribution in [0.1, 0.15) is 41.0 Å². The highest BCUT2D eigenvalue weighted by molar-refractivity contribution is 6.05. The zero-order valence-corrected chi connectivity index (χ0v) is 18.3. The molecule has 30 heavy (non-hydrogen) atoms. The molecule has 0 bridgehead atoms. The van der Waals surface area contributed by atoms with Crippen molar-refractivity contribution in [1.82, 2.24) is 10.2 Å². The summed E-state index contributed by atoms with van der Waals surface area (Å²) in [6.07, 6.45) is 1.16. The lowest BCUT2D eigenvalue weighted by atomic mass is 10.1. The average molecular weight is 409 g/mol. The van der Waals surface area contributed by atoms with Gasteiger partial charge in [-0.1, -0.05) is 13.8 Å². The summed E-state index contributed by atoms with van der Waals surface area (Å²) in [6.45, 7) is 6.80. The SMILES string of the molecule is CC(C)CNC(=O)c1ccc(C(=O)Nc2ccc(N3CCC(N(C)C)C3)cc2)cc1. The number of carbonyl (C=O) groups is 2. The number of carbonyl (C=O) groups excluding carboxylic acids is 2. The molecule has 6 heteroatoms. The summed E-state index contributed by atoms with van der Waals surface area (Å²) in [5.41, 5.74) is 3.01. The number of benzene rings is 2. The molecule has 0 aromatic heterocycles. The van der Waals surface area contributed by atoms with Gasteiger partial charge in [0.25, 0.3) is 11.8 Å². The van der Waals surface area contributed by atoms with E-state index in [4.69, 9.17) is 0 Å². The molecule has 1 saturated heterocycles. The number of nitrogens with one attached hydrogen (secondary N) is 2. The van der Waals surface area contributed by atoms with Crippen molar-refractivity contribution in [2.24, 2.45) is 5.92 Å². The first-order chi connectivity index (χ1) is 14.3. The Morgan fingerprint density at radius 1 is 1.00 bits per heavy atom. The van der Waals surface area contributed by atoms with Crippen molar-refractivity contribution in [3.05, 3.63) is 59.7 Å². The fourth-order valence-corrected chi connectivity index (χ4v) is 3.53. The molecule has 1 atom stereocenters. The van der Waals surface area contributed by atoms with Crippen LogP contribution in [0.3, 0.4) is 0 Å². The standard InChI is InChI=1S/C24H32N4O2/c1-17(2)15-25-23(29)18-5-7-19(8-6-18)24(30)26-20-9-11-21(12-10-20)28-14-13-22(16-28)27(3)4/h5-12,17,22H,13-16H2,1-4H3,(H,25,29)(H,26,30). The van der Waals surface area contributed by atoms with Crippen LogP contribution in [0.15, 0.2) is 48.5 Å². The van der Waals surface area contributed by atoms with Crippen molar-refractivity contribution < 1.29 is 9.59 Å². The van der Waals surface area contributed by atoms with Gasteiger partial charge >= 0.3 is 0 Å². The Morgan fingerprint density at radius 2 is 1.60 bits per heavy atom. The van der Waals surface area contributed by atoms with Crippen molar-refractivity contribution in [3.8, 4) is 0 Å². The Labute approximate surface area is 179 Å². The molecule has 2 aromatic carbocycles. The zero-order valence-electron chi connectivity index (χ0n) is 18.3. The highest BCUT2D eigenvalue weighted by Crippen LogP contribution is 2.24. The molecule has 0 saturated carbocycles. The molecule has 0 radical (unpaired) electrons. The minimum atomic E-state index is -0.189. The maximum atomic E-state index is 12.5. The lowest BCUT2D eigenvalue weighted by molar-refractivity contribution is 0.0947. The van der Waals surface area contributed by atoms with E-state index in [2.05, 4.69) is 46.7 Å². The third kappa shape index (κ3) is 5.60. The monoisotopic (exact) mass is 408 g/mol. The molecule has 2 amide bonds. The summed E-state index contributed by atoms with van der Waals surface area (Å²) in [7, 11) is 4.24. The molecule has 0 spiro atoms. The van der Waals surface area contributed by atoms with E-state index >= 15 is 0 Å². The van der Waals surface area contributed by atoms with Gasteiger partial charge in [0.05, 0.1) is 0 Å². The van der Waals surface area contributed by atoms with Crippen LogP contribution in [0.4, 0.5) is 11.4 Å². The van der Waals surface area contributed by atoms with E-state index < -0.39 is 0 Å². The first-order valence-electron chi connectivity index (χ1n) is 10.5. The first kappa shape index (κ1) is 21.8. The number of amides is 2. The number of rotatable bonds is 7. The van der Waals surface area contributed by atoms with Crippen molar-refractivity contribution in [3.63, 3.8) is 0 Å². The largest absolute Gasteiger partial charge is 0.370 e. The predicted octanol–water partition coefficient (Wildman–Crippen LogP) is 3.47. The van der Waals surface area contributed by atoms with Gasteiger partial charge in [0.2, 0.25) is 0 Å². The number of anilines is 2. The van der Waals surface area contributed by atoms with E-state index in [0.29, 0.717) is 29.6 Å². The fourth-order valence-electron chi connectivity index (χ4n) is 3.53. The Balaban J connectivity index is 1.56. The second-order valence-corrected chi connectivity index (χ2v) is 8.53. The summed E-state index contributed by atoms with van der Waals surface area (Å²) in [4.78, 5) is 29.3. The van der Waals surface area contributed by atoms with Gasteiger partial charge < -0.3 is 20.4 Å². The number of likely N-dealkylation sites (N-methyl/N-ethyl adjacent to an activating group) is 1. The van der Waals surface area contributed by atoms with Gasteiger partial charge in [-0.15, -0.1) is 0 Å². The average Bonchev–Trinajstić information content (AvgIpc) is 3.23. The Hall–Kier alpha value is -2.86. The zero-order chi connectivity index (χ0) is 21.7. The van der Waals surface area contributed by atoms with Crippen LogP contribution in [-0.4, -0.2) is 56.5 Å². The summed E-state index contributed by atoms with van der Waals surface area (Å²) in [6, 6.07) is 15.3. The Morgan fingerprint density at radius 3 is 2.13 bits per heavy atom. The minimum absolute atomic E-state index is 0.121. The minimum Gasteiger partial charge on any atom is -0.370 e. The van der Waals surface area contributed by atoms with Gasteiger partial charge in [-0.25, -0.2) is 0 Å². The molecule has 1 aliphatic heterocycles. The van der Waals surface area contributed by atoms with Crippen LogP contribution >= 0.6 is 0 Å². The molecular weight excluding hydrogens is 376 g/mol. The molecule has 1 unspecified atom stereocenters. The van der Waals surface area contributed by atoms with Crippen LogP contribution in [0.2, 0.25) is 0 Å².